The van der Waals surface area contributed by atoms with Gasteiger partial charge in [0.2, 0.25) is 0 Å². The van der Waals surface area contributed by atoms with Crippen LogP contribution in [0, 0.1) is 11.8 Å². The highest BCUT2D eigenvalue weighted by atomic mass is 16.7. The van der Waals surface area contributed by atoms with E-state index in [0.29, 0.717) is 26.1 Å². The minimum Gasteiger partial charge on any atom is -0.466 e. The van der Waals surface area contributed by atoms with Gasteiger partial charge in [-0.15, -0.1) is 0 Å². The van der Waals surface area contributed by atoms with Gasteiger partial charge in [-0.25, -0.2) is 0 Å². The highest BCUT2D eigenvalue weighted by Crippen LogP contribution is 2.29. The van der Waals surface area contributed by atoms with E-state index in [4.69, 9.17) is 14.2 Å². The molecule has 0 aromatic rings. The van der Waals surface area contributed by atoms with Crippen LogP contribution in [0.15, 0.2) is 0 Å². The first-order valence-electron chi connectivity index (χ1n) is 6.61. The van der Waals surface area contributed by atoms with E-state index in [-0.39, 0.29) is 12.1 Å². The summed E-state index contributed by atoms with van der Waals surface area (Å²) in [6.07, 6.45) is 2.31. The van der Waals surface area contributed by atoms with E-state index in [2.05, 4.69) is 11.8 Å². The maximum atomic E-state index is 11.1. The van der Waals surface area contributed by atoms with Crippen LogP contribution in [0.25, 0.3) is 0 Å². The van der Waals surface area contributed by atoms with Crippen molar-refractivity contribution >= 4 is 5.97 Å². The minimum atomic E-state index is -0.458. The normalized spacial score (nSPS) is 21.2. The van der Waals surface area contributed by atoms with Crippen LogP contribution in [0.2, 0.25) is 0 Å². The second-order valence-electron chi connectivity index (χ2n) is 4.16. The molecule has 1 fully saturated rings. The Labute approximate surface area is 109 Å². The van der Waals surface area contributed by atoms with E-state index >= 15 is 0 Å². The molecule has 1 aliphatic heterocycles. The molecule has 4 nitrogen and oxygen atoms in total. The van der Waals surface area contributed by atoms with Crippen LogP contribution in [0.5, 0.6) is 0 Å². The summed E-state index contributed by atoms with van der Waals surface area (Å²) in [7, 11) is 0. The van der Waals surface area contributed by atoms with Crippen molar-refractivity contribution in [3.8, 4) is 11.8 Å². The van der Waals surface area contributed by atoms with Crippen molar-refractivity contribution in [1.29, 1.82) is 0 Å². The molecule has 1 heterocycles. The lowest BCUT2D eigenvalue weighted by Gasteiger charge is -2.23. The van der Waals surface area contributed by atoms with Gasteiger partial charge in [0.25, 0.3) is 0 Å². The number of ether oxygens (including phenoxy) is 3. The maximum Gasteiger partial charge on any atom is 0.306 e. The number of rotatable bonds is 5. The number of hydrogen-bond donors (Lipinski definition) is 0. The van der Waals surface area contributed by atoms with Gasteiger partial charge in [-0.3, -0.25) is 4.79 Å². The van der Waals surface area contributed by atoms with Crippen LogP contribution in [-0.4, -0.2) is 31.1 Å². The second-order valence-corrected chi connectivity index (χ2v) is 4.16. The van der Waals surface area contributed by atoms with Gasteiger partial charge in [0.05, 0.1) is 19.6 Å². The van der Waals surface area contributed by atoms with Gasteiger partial charge in [-0.05, 0) is 19.8 Å². The molecule has 18 heavy (non-hydrogen) atoms. The average molecular weight is 254 g/mol. The van der Waals surface area contributed by atoms with Gasteiger partial charge in [-0.1, -0.05) is 25.7 Å². The molecule has 0 N–H and O–H groups in total. The van der Waals surface area contributed by atoms with E-state index < -0.39 is 5.79 Å². The van der Waals surface area contributed by atoms with E-state index in [1.54, 1.807) is 6.92 Å². The fourth-order valence-electron chi connectivity index (χ4n) is 1.83. The molecule has 0 aliphatic carbocycles. The summed E-state index contributed by atoms with van der Waals surface area (Å²) in [5, 5.41) is 0. The number of hydrogen-bond acceptors (Lipinski definition) is 4. The van der Waals surface area contributed by atoms with E-state index in [0.717, 1.165) is 12.8 Å². The Balaban J connectivity index is 2.31. The molecule has 0 radical (unpaired) electrons. The lowest BCUT2D eigenvalue weighted by Crippen LogP contribution is -2.28. The number of carbonyl (C=O) groups excluding carboxylic acids is 1. The summed E-state index contributed by atoms with van der Waals surface area (Å²) in [6, 6.07) is 0. The van der Waals surface area contributed by atoms with Gasteiger partial charge in [0.15, 0.2) is 5.79 Å². The van der Waals surface area contributed by atoms with Crippen LogP contribution in [0.1, 0.15) is 46.5 Å². The smallest absolute Gasteiger partial charge is 0.306 e. The molecule has 0 bridgehead atoms. The zero-order valence-electron chi connectivity index (χ0n) is 11.5. The maximum absolute atomic E-state index is 11.1. The van der Waals surface area contributed by atoms with Crippen LogP contribution in [0.4, 0.5) is 0 Å². The van der Waals surface area contributed by atoms with E-state index in [9.17, 15) is 4.79 Å². The summed E-state index contributed by atoms with van der Waals surface area (Å²) in [5.74, 6) is 5.28. The fourth-order valence-corrected chi connectivity index (χ4v) is 1.83. The Morgan fingerprint density at radius 1 is 1.39 bits per heavy atom. The van der Waals surface area contributed by atoms with Gasteiger partial charge < -0.3 is 14.2 Å². The highest BCUT2D eigenvalue weighted by molar-refractivity contribution is 5.69. The van der Waals surface area contributed by atoms with Gasteiger partial charge in [0, 0.05) is 6.42 Å². The van der Waals surface area contributed by atoms with Crippen LogP contribution >= 0.6 is 0 Å². The van der Waals surface area contributed by atoms with Gasteiger partial charge >= 0.3 is 5.97 Å². The van der Waals surface area contributed by atoms with E-state index in [1.165, 1.54) is 0 Å². The molecule has 1 atom stereocenters. The minimum absolute atomic E-state index is 0.174. The zero-order valence-corrected chi connectivity index (χ0v) is 11.5. The third-order valence-corrected chi connectivity index (χ3v) is 2.95. The van der Waals surface area contributed by atoms with Crippen molar-refractivity contribution in [2.24, 2.45) is 0 Å². The van der Waals surface area contributed by atoms with Gasteiger partial charge in [-0.2, -0.15) is 0 Å². The molecule has 1 aliphatic rings. The first-order chi connectivity index (χ1) is 8.65. The first kappa shape index (κ1) is 15.0. The zero-order chi connectivity index (χ0) is 13.4. The predicted octanol–water partition coefficient (Wildman–Crippen LogP) is 2.26. The molecule has 0 unspecified atom stereocenters. The van der Waals surface area contributed by atoms with Gasteiger partial charge in [0.1, 0.15) is 6.10 Å². The summed E-state index contributed by atoms with van der Waals surface area (Å²) in [6.45, 7) is 6.80. The lowest BCUT2D eigenvalue weighted by molar-refractivity contribution is -0.166. The van der Waals surface area contributed by atoms with Crippen LogP contribution in [0.3, 0.4) is 0 Å². The Morgan fingerprint density at radius 3 is 2.67 bits per heavy atom. The van der Waals surface area contributed by atoms with Crippen molar-refractivity contribution in [2.75, 3.05) is 13.2 Å². The monoisotopic (exact) mass is 254 g/mol. The Hall–Kier alpha value is -1.05. The average Bonchev–Trinajstić information content (AvgIpc) is 2.79. The summed E-state index contributed by atoms with van der Waals surface area (Å²) in [4.78, 5) is 11.1. The molecule has 4 heteroatoms. The third-order valence-electron chi connectivity index (χ3n) is 2.95. The van der Waals surface area contributed by atoms with E-state index in [1.807, 2.05) is 13.8 Å². The van der Waals surface area contributed by atoms with Crippen molar-refractivity contribution in [3.05, 3.63) is 0 Å². The Bertz CT molecular complexity index is 322. The second kappa shape index (κ2) is 7.40. The Kier molecular flexibility index (Phi) is 6.17. The van der Waals surface area contributed by atoms with Crippen molar-refractivity contribution in [3.63, 3.8) is 0 Å². The van der Waals surface area contributed by atoms with Crippen LogP contribution < -0.4 is 0 Å². The van der Waals surface area contributed by atoms with Crippen molar-refractivity contribution in [1.82, 2.24) is 0 Å². The standard InChI is InChI=1S/C14H22O4/c1-4-14(5-2)17-11-12(18-14)9-7-8-10-13(15)16-6-3/h12H,4-6,8,10-11H2,1-3H3/t12-/m0/s1. The number of esters is 1. The van der Waals surface area contributed by atoms with Crippen molar-refractivity contribution in [2.45, 2.75) is 58.3 Å². The molecular weight excluding hydrogens is 232 g/mol. The first-order valence-corrected chi connectivity index (χ1v) is 6.61. The molecule has 1 rings (SSSR count). The molecule has 0 aromatic heterocycles. The molecule has 0 amide bonds. The van der Waals surface area contributed by atoms with Crippen LogP contribution in [-0.2, 0) is 19.0 Å². The van der Waals surface area contributed by atoms with Crippen molar-refractivity contribution < 1.29 is 19.0 Å². The largest absolute Gasteiger partial charge is 0.466 e. The SMILES string of the molecule is CCOC(=O)CCC#C[C@H]1COC(CC)(CC)O1. The molecule has 1 saturated heterocycles. The number of carbonyl (C=O) groups is 1. The predicted molar refractivity (Wildman–Crippen MR) is 67.8 cm³/mol. The quantitative estimate of drug-likeness (QED) is 0.557. The summed E-state index contributed by atoms with van der Waals surface area (Å²) < 4.78 is 16.3. The Morgan fingerprint density at radius 2 is 2.11 bits per heavy atom. The molecular formula is C14H22O4. The lowest BCUT2D eigenvalue weighted by atomic mass is 10.1. The fraction of sp³-hybridized carbons (Fsp3) is 0.786. The topological polar surface area (TPSA) is 44.8 Å². The molecule has 0 spiro atoms. The highest BCUT2D eigenvalue weighted by Gasteiger charge is 2.37. The molecule has 0 saturated carbocycles. The summed E-state index contributed by atoms with van der Waals surface area (Å²) >= 11 is 0. The molecule has 0 aromatic carbocycles. The summed E-state index contributed by atoms with van der Waals surface area (Å²) in [5.41, 5.74) is 0. The third kappa shape index (κ3) is 4.32. The molecule has 102 valence electrons.